The lowest BCUT2D eigenvalue weighted by atomic mass is 10.0. The Bertz CT molecular complexity index is 1360. The van der Waals surface area contributed by atoms with Crippen molar-refractivity contribution >= 4 is 27.5 Å². The molecule has 174 valence electrons. The Morgan fingerprint density at radius 3 is 2.59 bits per heavy atom. The van der Waals surface area contributed by atoms with E-state index < -0.39 is 0 Å². The van der Waals surface area contributed by atoms with E-state index in [1.54, 1.807) is 29.3 Å². The topological polar surface area (TPSA) is 64.4 Å². The van der Waals surface area contributed by atoms with Crippen LogP contribution in [0.3, 0.4) is 0 Å². The first-order valence-corrected chi connectivity index (χ1v) is 12.4. The van der Waals surface area contributed by atoms with Gasteiger partial charge in [0.15, 0.2) is 0 Å². The number of ether oxygens (including phenoxy) is 1. The van der Waals surface area contributed by atoms with Gasteiger partial charge in [0, 0.05) is 24.4 Å². The molecule has 5 rings (SSSR count). The highest BCUT2D eigenvalue weighted by Crippen LogP contribution is 2.32. The SMILES string of the molecule is COc1ccc(CCn2cnc3sc4c(c3c2=O)CCN(C(=O)CCc2ccccc2)C4)cc1. The van der Waals surface area contributed by atoms with Crippen LogP contribution in [0.2, 0.25) is 0 Å². The number of thiophene rings is 1. The number of fused-ring (bicyclic) bond motifs is 3. The Morgan fingerprint density at radius 2 is 1.82 bits per heavy atom. The smallest absolute Gasteiger partial charge is 0.262 e. The summed E-state index contributed by atoms with van der Waals surface area (Å²) in [5.74, 6) is 0.985. The standard InChI is InChI=1S/C27H27N3O3S/c1-33-21-10-7-20(8-11-21)13-15-30-18-28-26-25(27(30)32)22-14-16-29(17-23(22)34-26)24(31)12-9-19-5-3-2-4-6-19/h2-8,10-11,18H,9,12-17H2,1H3. The second kappa shape index (κ2) is 9.81. The Morgan fingerprint density at radius 1 is 1.06 bits per heavy atom. The van der Waals surface area contributed by atoms with Gasteiger partial charge in [0.1, 0.15) is 10.6 Å². The van der Waals surface area contributed by atoms with Crippen molar-refractivity contribution < 1.29 is 9.53 Å². The van der Waals surface area contributed by atoms with Crippen molar-refractivity contribution in [1.29, 1.82) is 0 Å². The minimum atomic E-state index is 0.0138. The highest BCUT2D eigenvalue weighted by molar-refractivity contribution is 7.18. The first-order chi connectivity index (χ1) is 16.6. The lowest BCUT2D eigenvalue weighted by molar-refractivity contribution is -0.132. The Labute approximate surface area is 202 Å². The summed E-state index contributed by atoms with van der Waals surface area (Å²) in [6, 6.07) is 18.0. The van der Waals surface area contributed by atoms with Gasteiger partial charge in [-0.15, -0.1) is 11.3 Å². The number of hydrogen-bond donors (Lipinski definition) is 0. The maximum atomic E-state index is 13.3. The summed E-state index contributed by atoms with van der Waals surface area (Å²) in [5, 5.41) is 0.730. The number of carbonyl (C=O) groups is 1. The fourth-order valence-electron chi connectivity index (χ4n) is 4.49. The number of benzene rings is 2. The quantitative estimate of drug-likeness (QED) is 0.403. The molecule has 1 amide bonds. The van der Waals surface area contributed by atoms with Crippen molar-refractivity contribution in [3.05, 3.63) is 92.8 Å². The number of rotatable bonds is 7. The molecule has 1 aliphatic rings. The number of carbonyl (C=O) groups excluding carboxylic acids is 1. The Kier molecular flexibility index (Phi) is 6.45. The molecule has 0 fully saturated rings. The van der Waals surface area contributed by atoms with Crippen LogP contribution in [-0.2, 0) is 37.1 Å². The van der Waals surface area contributed by atoms with Gasteiger partial charge in [0.05, 0.1) is 25.4 Å². The second-order valence-electron chi connectivity index (χ2n) is 8.58. The van der Waals surface area contributed by atoms with E-state index in [0.29, 0.717) is 32.5 Å². The molecule has 4 aromatic rings. The number of nitrogens with zero attached hydrogens (tertiary/aromatic N) is 3. The highest BCUT2D eigenvalue weighted by atomic mass is 32.1. The molecule has 0 saturated heterocycles. The molecular weight excluding hydrogens is 446 g/mol. The molecule has 0 unspecified atom stereocenters. The van der Waals surface area contributed by atoms with E-state index in [9.17, 15) is 9.59 Å². The number of aryl methyl sites for hydroxylation is 3. The monoisotopic (exact) mass is 473 g/mol. The van der Waals surface area contributed by atoms with Crippen molar-refractivity contribution in [2.45, 2.75) is 38.8 Å². The minimum Gasteiger partial charge on any atom is -0.497 e. The zero-order valence-corrected chi connectivity index (χ0v) is 20.0. The van der Waals surface area contributed by atoms with E-state index in [1.807, 2.05) is 47.4 Å². The third kappa shape index (κ3) is 4.61. The molecular formula is C27H27N3O3S. The molecule has 7 heteroatoms. The third-order valence-corrected chi connectivity index (χ3v) is 7.58. The molecule has 34 heavy (non-hydrogen) atoms. The average Bonchev–Trinajstić information content (AvgIpc) is 3.26. The van der Waals surface area contributed by atoms with E-state index >= 15 is 0 Å². The van der Waals surface area contributed by atoms with Gasteiger partial charge in [-0.3, -0.25) is 14.2 Å². The van der Waals surface area contributed by atoms with Crippen LogP contribution >= 0.6 is 11.3 Å². The van der Waals surface area contributed by atoms with Gasteiger partial charge in [-0.05, 0) is 48.1 Å². The van der Waals surface area contributed by atoms with Crippen molar-refractivity contribution in [1.82, 2.24) is 14.5 Å². The highest BCUT2D eigenvalue weighted by Gasteiger charge is 2.26. The van der Waals surface area contributed by atoms with E-state index in [4.69, 9.17) is 4.74 Å². The average molecular weight is 474 g/mol. The Balaban J connectivity index is 1.29. The maximum Gasteiger partial charge on any atom is 0.262 e. The molecule has 0 spiro atoms. The summed E-state index contributed by atoms with van der Waals surface area (Å²) < 4.78 is 6.92. The van der Waals surface area contributed by atoms with Crippen LogP contribution in [0.5, 0.6) is 5.75 Å². The molecule has 2 aromatic carbocycles. The normalized spacial score (nSPS) is 13.1. The third-order valence-electron chi connectivity index (χ3n) is 6.45. The summed E-state index contributed by atoms with van der Waals surface area (Å²) in [7, 11) is 1.65. The predicted octanol–water partition coefficient (Wildman–Crippen LogP) is 4.23. The zero-order valence-electron chi connectivity index (χ0n) is 19.2. The van der Waals surface area contributed by atoms with Gasteiger partial charge in [0.2, 0.25) is 5.91 Å². The molecule has 0 radical (unpaired) electrons. The summed E-state index contributed by atoms with van der Waals surface area (Å²) >= 11 is 1.54. The van der Waals surface area contributed by atoms with Crippen LogP contribution in [0.25, 0.3) is 10.2 Å². The molecule has 2 aromatic heterocycles. The van der Waals surface area contributed by atoms with E-state index in [0.717, 1.165) is 44.8 Å². The Hall–Kier alpha value is -3.45. The molecule has 0 N–H and O–H groups in total. The van der Waals surface area contributed by atoms with E-state index in [2.05, 4.69) is 17.1 Å². The van der Waals surface area contributed by atoms with Crippen LogP contribution in [0, 0.1) is 0 Å². The van der Waals surface area contributed by atoms with Crippen molar-refractivity contribution in [2.75, 3.05) is 13.7 Å². The lowest BCUT2D eigenvalue weighted by Gasteiger charge is -2.27. The molecule has 3 heterocycles. The van der Waals surface area contributed by atoms with Crippen LogP contribution in [0.1, 0.15) is 28.0 Å². The van der Waals surface area contributed by atoms with Crippen LogP contribution in [0.15, 0.2) is 65.7 Å². The number of hydrogen-bond acceptors (Lipinski definition) is 5. The summed E-state index contributed by atoms with van der Waals surface area (Å²) in [5.41, 5.74) is 3.41. The van der Waals surface area contributed by atoms with Crippen molar-refractivity contribution in [2.24, 2.45) is 0 Å². The predicted molar refractivity (Wildman–Crippen MR) is 134 cm³/mol. The molecule has 1 aliphatic heterocycles. The van der Waals surface area contributed by atoms with Crippen molar-refractivity contribution in [3.8, 4) is 5.75 Å². The minimum absolute atomic E-state index is 0.0138. The van der Waals surface area contributed by atoms with Crippen LogP contribution in [0.4, 0.5) is 0 Å². The van der Waals surface area contributed by atoms with Gasteiger partial charge in [0.25, 0.3) is 5.56 Å². The largest absolute Gasteiger partial charge is 0.497 e. The lowest BCUT2D eigenvalue weighted by Crippen LogP contribution is -2.35. The van der Waals surface area contributed by atoms with Crippen molar-refractivity contribution in [3.63, 3.8) is 0 Å². The first-order valence-electron chi connectivity index (χ1n) is 11.6. The van der Waals surface area contributed by atoms with Gasteiger partial charge >= 0.3 is 0 Å². The van der Waals surface area contributed by atoms with E-state index in [-0.39, 0.29) is 11.5 Å². The summed E-state index contributed by atoms with van der Waals surface area (Å²) in [6.45, 7) is 1.78. The molecule has 0 aliphatic carbocycles. The summed E-state index contributed by atoms with van der Waals surface area (Å²) in [4.78, 5) is 34.5. The van der Waals surface area contributed by atoms with E-state index in [1.165, 1.54) is 5.56 Å². The molecule has 0 saturated carbocycles. The number of aromatic nitrogens is 2. The fraction of sp³-hybridized carbons (Fsp3) is 0.296. The van der Waals surface area contributed by atoms with Gasteiger partial charge < -0.3 is 9.64 Å². The number of methoxy groups -OCH3 is 1. The number of amides is 1. The van der Waals surface area contributed by atoms with Crippen LogP contribution < -0.4 is 10.3 Å². The van der Waals surface area contributed by atoms with Gasteiger partial charge in [-0.2, -0.15) is 0 Å². The molecule has 0 atom stereocenters. The first kappa shape index (κ1) is 22.3. The summed E-state index contributed by atoms with van der Waals surface area (Å²) in [6.07, 6.45) is 4.34. The zero-order chi connectivity index (χ0) is 23.5. The van der Waals surface area contributed by atoms with Gasteiger partial charge in [-0.1, -0.05) is 42.5 Å². The van der Waals surface area contributed by atoms with Gasteiger partial charge in [-0.25, -0.2) is 4.98 Å². The molecule has 6 nitrogen and oxygen atoms in total. The fourth-order valence-corrected chi connectivity index (χ4v) is 5.68. The second-order valence-corrected chi connectivity index (χ2v) is 9.66. The molecule has 0 bridgehead atoms. The maximum absolute atomic E-state index is 13.3. The van der Waals surface area contributed by atoms with Crippen LogP contribution in [-0.4, -0.2) is 34.0 Å².